The van der Waals surface area contributed by atoms with E-state index in [1.807, 2.05) is 66.7 Å². The number of carboxylic acid groups (broad SMARTS) is 1. The summed E-state index contributed by atoms with van der Waals surface area (Å²) in [6.07, 6.45) is 0. The van der Waals surface area contributed by atoms with Crippen LogP contribution in [0.1, 0.15) is 15.4 Å². The summed E-state index contributed by atoms with van der Waals surface area (Å²) < 4.78 is 5.64. The summed E-state index contributed by atoms with van der Waals surface area (Å²) in [5.41, 5.74) is 8.14. The molecule has 0 amide bonds. The number of hydrogen-bond acceptors (Lipinski definition) is 5. The van der Waals surface area contributed by atoms with E-state index >= 15 is 0 Å². The number of carboxylic acids is 1. The van der Waals surface area contributed by atoms with Crippen molar-refractivity contribution in [2.75, 3.05) is 0 Å². The standard InChI is InChI=1S/C13H13NO.C10H6ClNO2S/c14-10-11-6-8-13(9-7-11)15-12-4-2-1-3-5-12;11-7-3-1-6(2-4-7)8-5-15-9(12-8)10(13)14/h1-9H,10,14H2;1-5H,(H,13,14). The van der Waals surface area contributed by atoms with Crippen LogP contribution in [0.25, 0.3) is 11.3 Å². The molecule has 1 aromatic heterocycles. The van der Waals surface area contributed by atoms with Crippen molar-refractivity contribution >= 4 is 28.9 Å². The molecule has 0 aliphatic carbocycles. The number of rotatable bonds is 5. The number of aromatic carboxylic acids is 1. The molecular weight excluding hydrogens is 420 g/mol. The van der Waals surface area contributed by atoms with E-state index in [4.69, 9.17) is 27.2 Å². The fourth-order valence-electron chi connectivity index (χ4n) is 2.44. The molecular formula is C23H19ClN2O3S. The molecule has 0 saturated carbocycles. The molecule has 7 heteroatoms. The van der Waals surface area contributed by atoms with Gasteiger partial charge in [0, 0.05) is 22.5 Å². The molecule has 0 spiro atoms. The summed E-state index contributed by atoms with van der Waals surface area (Å²) in [6, 6.07) is 24.6. The maximum atomic E-state index is 10.6. The van der Waals surface area contributed by atoms with Crippen LogP contribution in [-0.4, -0.2) is 16.1 Å². The summed E-state index contributed by atoms with van der Waals surface area (Å²) in [4.78, 5) is 14.6. The van der Waals surface area contributed by atoms with Crippen LogP contribution in [0.15, 0.2) is 84.2 Å². The van der Waals surface area contributed by atoms with Crippen LogP contribution < -0.4 is 10.5 Å². The molecule has 0 aliphatic rings. The molecule has 5 nitrogen and oxygen atoms in total. The average Bonchev–Trinajstić information content (AvgIpc) is 3.27. The van der Waals surface area contributed by atoms with Gasteiger partial charge in [-0.15, -0.1) is 11.3 Å². The lowest BCUT2D eigenvalue weighted by Crippen LogP contribution is -1.95. The largest absolute Gasteiger partial charge is 0.476 e. The molecule has 4 aromatic rings. The Kier molecular flexibility index (Phi) is 7.57. The van der Waals surface area contributed by atoms with Gasteiger partial charge in [0.25, 0.3) is 0 Å². The third kappa shape index (κ3) is 6.15. The van der Waals surface area contributed by atoms with Gasteiger partial charge in [-0.25, -0.2) is 9.78 Å². The number of benzene rings is 3. The van der Waals surface area contributed by atoms with E-state index in [0.717, 1.165) is 34.0 Å². The lowest BCUT2D eigenvalue weighted by molar-refractivity contribution is 0.0696. The zero-order valence-corrected chi connectivity index (χ0v) is 17.4. The van der Waals surface area contributed by atoms with Crippen molar-refractivity contribution in [2.45, 2.75) is 6.54 Å². The lowest BCUT2D eigenvalue weighted by atomic mass is 10.2. The molecule has 0 bridgehead atoms. The second-order valence-corrected chi connectivity index (χ2v) is 7.41. The van der Waals surface area contributed by atoms with Gasteiger partial charge in [-0.3, -0.25) is 0 Å². The SMILES string of the molecule is NCc1ccc(Oc2ccccc2)cc1.O=C(O)c1nc(-c2ccc(Cl)cc2)cs1. The van der Waals surface area contributed by atoms with Crippen LogP contribution in [0.3, 0.4) is 0 Å². The molecule has 0 radical (unpaired) electrons. The average molecular weight is 439 g/mol. The first kappa shape index (κ1) is 21.5. The van der Waals surface area contributed by atoms with Gasteiger partial charge < -0.3 is 15.6 Å². The van der Waals surface area contributed by atoms with E-state index in [-0.39, 0.29) is 5.01 Å². The quantitative estimate of drug-likeness (QED) is 0.393. The number of halogens is 1. The monoisotopic (exact) mass is 438 g/mol. The number of nitrogens with zero attached hydrogens (tertiary/aromatic N) is 1. The Balaban J connectivity index is 0.000000171. The van der Waals surface area contributed by atoms with Crippen LogP contribution in [0.4, 0.5) is 0 Å². The topological polar surface area (TPSA) is 85.4 Å². The second kappa shape index (κ2) is 10.5. The molecule has 3 N–H and O–H groups in total. The summed E-state index contributed by atoms with van der Waals surface area (Å²) >= 11 is 6.86. The van der Waals surface area contributed by atoms with Crippen LogP contribution >= 0.6 is 22.9 Å². The number of carbonyl (C=O) groups is 1. The highest BCUT2D eigenvalue weighted by molar-refractivity contribution is 7.11. The zero-order valence-electron chi connectivity index (χ0n) is 15.9. The Morgan fingerprint density at radius 3 is 2.17 bits per heavy atom. The Labute approximate surface area is 183 Å². The molecule has 0 fully saturated rings. The van der Waals surface area contributed by atoms with Crippen molar-refractivity contribution in [3.63, 3.8) is 0 Å². The Morgan fingerprint density at radius 1 is 0.967 bits per heavy atom. The van der Waals surface area contributed by atoms with E-state index in [1.165, 1.54) is 0 Å². The summed E-state index contributed by atoms with van der Waals surface area (Å²) in [6.45, 7) is 0.561. The van der Waals surface area contributed by atoms with Crippen molar-refractivity contribution < 1.29 is 14.6 Å². The molecule has 4 rings (SSSR count). The maximum Gasteiger partial charge on any atom is 0.365 e. The Morgan fingerprint density at radius 2 is 1.60 bits per heavy atom. The van der Waals surface area contributed by atoms with Crippen molar-refractivity contribution in [3.8, 4) is 22.8 Å². The predicted molar refractivity (Wildman–Crippen MR) is 120 cm³/mol. The Hall–Kier alpha value is -3.19. The molecule has 0 atom stereocenters. The van der Waals surface area contributed by atoms with E-state index < -0.39 is 5.97 Å². The van der Waals surface area contributed by atoms with E-state index in [0.29, 0.717) is 17.3 Å². The van der Waals surface area contributed by atoms with Gasteiger partial charge in [-0.05, 0) is 42.0 Å². The van der Waals surface area contributed by atoms with Gasteiger partial charge in [0.05, 0.1) is 5.69 Å². The maximum absolute atomic E-state index is 10.6. The van der Waals surface area contributed by atoms with Crippen LogP contribution in [0, 0.1) is 0 Å². The second-order valence-electron chi connectivity index (χ2n) is 6.11. The number of nitrogens with two attached hydrogens (primary N) is 1. The number of ether oxygens (including phenoxy) is 1. The summed E-state index contributed by atoms with van der Waals surface area (Å²) in [5.74, 6) is 0.677. The first-order valence-corrected chi connectivity index (χ1v) is 10.3. The highest BCUT2D eigenvalue weighted by Gasteiger charge is 2.09. The predicted octanol–water partition coefficient (Wildman–Crippen LogP) is 6.10. The lowest BCUT2D eigenvalue weighted by Gasteiger charge is -2.05. The highest BCUT2D eigenvalue weighted by atomic mass is 35.5. The molecule has 3 aromatic carbocycles. The van der Waals surface area contributed by atoms with Crippen LogP contribution in [-0.2, 0) is 6.54 Å². The highest BCUT2D eigenvalue weighted by Crippen LogP contribution is 2.23. The third-order valence-corrected chi connectivity index (χ3v) is 5.05. The van der Waals surface area contributed by atoms with Crippen molar-refractivity contribution in [1.82, 2.24) is 4.98 Å². The van der Waals surface area contributed by atoms with Gasteiger partial charge >= 0.3 is 5.97 Å². The first-order valence-electron chi connectivity index (χ1n) is 9.02. The van der Waals surface area contributed by atoms with Crippen molar-refractivity contribution in [3.05, 3.63) is 99.8 Å². The van der Waals surface area contributed by atoms with E-state index in [2.05, 4.69) is 4.98 Å². The fraction of sp³-hybridized carbons (Fsp3) is 0.0435. The fourth-order valence-corrected chi connectivity index (χ4v) is 3.23. The number of thiazole rings is 1. The van der Waals surface area contributed by atoms with Gasteiger partial charge in [-0.1, -0.05) is 54.1 Å². The summed E-state index contributed by atoms with van der Waals surface area (Å²) in [5, 5.41) is 11.2. The van der Waals surface area contributed by atoms with Gasteiger partial charge in [0.15, 0.2) is 0 Å². The molecule has 30 heavy (non-hydrogen) atoms. The van der Waals surface area contributed by atoms with Gasteiger partial charge in [-0.2, -0.15) is 0 Å². The minimum atomic E-state index is -1.000. The van der Waals surface area contributed by atoms with Gasteiger partial charge in [0.1, 0.15) is 11.5 Å². The van der Waals surface area contributed by atoms with Crippen molar-refractivity contribution in [2.24, 2.45) is 5.73 Å². The normalized spacial score (nSPS) is 10.1. The molecule has 0 aliphatic heterocycles. The third-order valence-electron chi connectivity index (χ3n) is 3.97. The number of para-hydroxylation sites is 1. The van der Waals surface area contributed by atoms with E-state index in [9.17, 15) is 4.79 Å². The van der Waals surface area contributed by atoms with Gasteiger partial charge in [0.2, 0.25) is 5.01 Å². The Bertz CT molecular complexity index is 1080. The van der Waals surface area contributed by atoms with E-state index in [1.54, 1.807) is 17.5 Å². The van der Waals surface area contributed by atoms with Crippen molar-refractivity contribution in [1.29, 1.82) is 0 Å². The molecule has 0 saturated heterocycles. The minimum absolute atomic E-state index is 0.0972. The minimum Gasteiger partial charge on any atom is -0.476 e. The molecule has 1 heterocycles. The van der Waals surface area contributed by atoms with Crippen LogP contribution in [0.5, 0.6) is 11.5 Å². The zero-order chi connectivity index (χ0) is 21.3. The smallest absolute Gasteiger partial charge is 0.365 e. The molecule has 0 unspecified atom stereocenters. The van der Waals surface area contributed by atoms with Crippen LogP contribution in [0.2, 0.25) is 5.02 Å². The number of hydrogen-bond donors (Lipinski definition) is 2. The summed E-state index contributed by atoms with van der Waals surface area (Å²) in [7, 11) is 0. The molecule has 152 valence electrons. The first-order chi connectivity index (χ1) is 14.5. The number of aromatic nitrogens is 1.